The maximum atomic E-state index is 12.7. The van der Waals surface area contributed by atoms with Gasteiger partial charge in [-0.3, -0.25) is 14.6 Å². The Bertz CT molecular complexity index is 276. The molecule has 20 heavy (non-hydrogen) atoms. The largest absolute Gasteiger partial charge is 0.394 e. The van der Waals surface area contributed by atoms with Gasteiger partial charge in [0.2, 0.25) is 0 Å². The normalized spacial score (nSPS) is 25.3. The van der Waals surface area contributed by atoms with E-state index in [9.17, 15) is 15.0 Å². The zero-order valence-corrected chi connectivity index (χ0v) is 11.9. The summed E-state index contributed by atoms with van der Waals surface area (Å²) in [5, 5.41) is 25.7. The summed E-state index contributed by atoms with van der Waals surface area (Å²) in [4.78, 5) is 16.7. The van der Waals surface area contributed by atoms with Crippen LogP contribution in [0.3, 0.4) is 0 Å². The van der Waals surface area contributed by atoms with E-state index >= 15 is 0 Å². The fraction of sp³-hybridized carbons (Fsp3) is 0.923. The van der Waals surface area contributed by atoms with E-state index in [2.05, 4.69) is 10.6 Å². The maximum absolute atomic E-state index is 12.7. The SMILES string of the molecule is O=C(C(CO)N1CCNCC1)C(CO)N1CCNCC1. The fourth-order valence-electron chi connectivity index (χ4n) is 2.98. The van der Waals surface area contributed by atoms with E-state index in [1.165, 1.54) is 0 Å². The first-order valence-corrected chi connectivity index (χ1v) is 7.43. The quantitative estimate of drug-likeness (QED) is 0.416. The lowest BCUT2D eigenvalue weighted by molar-refractivity contribution is -0.133. The number of aliphatic hydroxyl groups is 2. The Hall–Kier alpha value is -0.570. The third kappa shape index (κ3) is 3.75. The van der Waals surface area contributed by atoms with Crippen molar-refractivity contribution in [1.82, 2.24) is 20.4 Å². The highest BCUT2D eigenvalue weighted by Crippen LogP contribution is 2.10. The number of rotatable bonds is 6. The van der Waals surface area contributed by atoms with Crippen LogP contribution in [0.2, 0.25) is 0 Å². The van der Waals surface area contributed by atoms with E-state index < -0.39 is 12.1 Å². The minimum atomic E-state index is -0.496. The Morgan fingerprint density at radius 3 is 1.50 bits per heavy atom. The lowest BCUT2D eigenvalue weighted by Gasteiger charge is -2.38. The van der Waals surface area contributed by atoms with Crippen molar-refractivity contribution >= 4 is 5.78 Å². The van der Waals surface area contributed by atoms with Gasteiger partial charge in [-0.1, -0.05) is 0 Å². The lowest BCUT2D eigenvalue weighted by Crippen LogP contribution is -2.60. The molecule has 2 fully saturated rings. The van der Waals surface area contributed by atoms with Gasteiger partial charge in [0.25, 0.3) is 0 Å². The molecule has 2 heterocycles. The van der Waals surface area contributed by atoms with Crippen molar-refractivity contribution < 1.29 is 15.0 Å². The number of ketones is 1. The number of nitrogens with zero attached hydrogens (tertiary/aromatic N) is 2. The molecule has 2 saturated heterocycles. The average Bonchev–Trinajstić information content (AvgIpc) is 2.51. The highest BCUT2D eigenvalue weighted by molar-refractivity contribution is 5.89. The van der Waals surface area contributed by atoms with Gasteiger partial charge < -0.3 is 20.8 Å². The lowest BCUT2D eigenvalue weighted by atomic mass is 10.0. The van der Waals surface area contributed by atoms with E-state index in [0.29, 0.717) is 0 Å². The molecular formula is C13H26N4O3. The summed E-state index contributed by atoms with van der Waals surface area (Å²) in [5.74, 6) is -0.0567. The predicted octanol–water partition coefficient (Wildman–Crippen LogP) is -2.91. The highest BCUT2D eigenvalue weighted by atomic mass is 16.3. The Kier molecular flexibility index (Phi) is 6.34. The minimum absolute atomic E-state index is 0.0567. The van der Waals surface area contributed by atoms with Gasteiger partial charge in [0.15, 0.2) is 5.78 Å². The number of piperazine rings is 2. The first kappa shape index (κ1) is 15.8. The van der Waals surface area contributed by atoms with Crippen LogP contribution in [0.4, 0.5) is 0 Å². The molecule has 0 radical (unpaired) electrons. The van der Waals surface area contributed by atoms with Crippen molar-refractivity contribution in [2.75, 3.05) is 65.6 Å². The molecule has 7 heteroatoms. The molecule has 4 N–H and O–H groups in total. The number of nitrogens with one attached hydrogen (secondary N) is 2. The molecule has 7 nitrogen and oxygen atoms in total. The van der Waals surface area contributed by atoms with Crippen LogP contribution in [0, 0.1) is 0 Å². The summed E-state index contributed by atoms with van der Waals surface area (Å²) < 4.78 is 0. The van der Waals surface area contributed by atoms with E-state index in [4.69, 9.17) is 0 Å². The monoisotopic (exact) mass is 286 g/mol. The third-order valence-corrected chi connectivity index (χ3v) is 4.19. The van der Waals surface area contributed by atoms with Crippen LogP contribution in [0.5, 0.6) is 0 Å². The fourth-order valence-corrected chi connectivity index (χ4v) is 2.98. The number of carbonyl (C=O) groups is 1. The number of hydrogen-bond donors (Lipinski definition) is 4. The van der Waals surface area contributed by atoms with Crippen molar-refractivity contribution in [1.29, 1.82) is 0 Å². The molecule has 2 aliphatic heterocycles. The van der Waals surface area contributed by atoms with Crippen LogP contribution in [0.15, 0.2) is 0 Å². The highest BCUT2D eigenvalue weighted by Gasteiger charge is 2.34. The molecule has 2 rings (SSSR count). The second-order valence-corrected chi connectivity index (χ2v) is 5.37. The van der Waals surface area contributed by atoms with Gasteiger partial charge in [0, 0.05) is 52.4 Å². The van der Waals surface area contributed by atoms with E-state index in [-0.39, 0.29) is 19.0 Å². The van der Waals surface area contributed by atoms with Gasteiger partial charge in [-0.05, 0) is 0 Å². The van der Waals surface area contributed by atoms with Crippen molar-refractivity contribution in [3.05, 3.63) is 0 Å². The molecule has 0 aromatic carbocycles. The van der Waals surface area contributed by atoms with Crippen LogP contribution in [-0.4, -0.2) is 103 Å². The molecule has 2 unspecified atom stereocenters. The molecule has 0 aromatic heterocycles. The molecule has 0 amide bonds. The summed E-state index contributed by atoms with van der Waals surface area (Å²) in [6, 6.07) is -0.992. The Morgan fingerprint density at radius 2 is 1.20 bits per heavy atom. The van der Waals surface area contributed by atoms with Crippen LogP contribution in [0.25, 0.3) is 0 Å². The molecule has 0 aliphatic carbocycles. The second kappa shape index (κ2) is 8.02. The van der Waals surface area contributed by atoms with Gasteiger partial charge in [-0.15, -0.1) is 0 Å². The Balaban J connectivity index is 2.00. The van der Waals surface area contributed by atoms with Crippen molar-refractivity contribution in [2.24, 2.45) is 0 Å². The molecule has 2 atom stereocenters. The standard InChI is InChI=1S/C13H26N4O3/c18-9-11(16-5-1-14-2-6-16)13(20)12(10-19)17-7-3-15-4-8-17/h11-12,14-15,18-19H,1-10H2. The molecule has 2 aliphatic rings. The molecule has 0 saturated carbocycles. The maximum Gasteiger partial charge on any atom is 0.171 e. The first-order chi connectivity index (χ1) is 9.77. The Morgan fingerprint density at radius 1 is 0.850 bits per heavy atom. The molecule has 0 bridgehead atoms. The van der Waals surface area contributed by atoms with E-state index in [1.807, 2.05) is 9.80 Å². The summed E-state index contributed by atoms with van der Waals surface area (Å²) in [7, 11) is 0. The van der Waals surface area contributed by atoms with Crippen molar-refractivity contribution in [3.63, 3.8) is 0 Å². The summed E-state index contributed by atoms with van der Waals surface area (Å²) in [5.41, 5.74) is 0. The van der Waals surface area contributed by atoms with Crippen LogP contribution in [-0.2, 0) is 4.79 Å². The van der Waals surface area contributed by atoms with Gasteiger partial charge in [-0.25, -0.2) is 0 Å². The number of Topliss-reactive ketones (excluding diaryl/α,β-unsaturated/α-hetero) is 1. The topological polar surface area (TPSA) is 88.1 Å². The number of hydrogen-bond acceptors (Lipinski definition) is 7. The van der Waals surface area contributed by atoms with Crippen molar-refractivity contribution in [2.45, 2.75) is 12.1 Å². The summed E-state index contributed by atoms with van der Waals surface area (Å²) >= 11 is 0. The van der Waals surface area contributed by atoms with Crippen molar-refractivity contribution in [3.8, 4) is 0 Å². The van der Waals surface area contributed by atoms with E-state index in [0.717, 1.165) is 52.4 Å². The Labute approximate surface area is 119 Å². The molecule has 0 spiro atoms. The van der Waals surface area contributed by atoms with Gasteiger partial charge in [0.1, 0.15) is 0 Å². The minimum Gasteiger partial charge on any atom is -0.394 e. The van der Waals surface area contributed by atoms with Gasteiger partial charge in [-0.2, -0.15) is 0 Å². The van der Waals surface area contributed by atoms with Gasteiger partial charge >= 0.3 is 0 Å². The van der Waals surface area contributed by atoms with Gasteiger partial charge in [0.05, 0.1) is 25.3 Å². The summed E-state index contributed by atoms with van der Waals surface area (Å²) in [6.07, 6.45) is 0. The average molecular weight is 286 g/mol. The first-order valence-electron chi connectivity index (χ1n) is 7.43. The van der Waals surface area contributed by atoms with Crippen LogP contribution >= 0.6 is 0 Å². The molecular weight excluding hydrogens is 260 g/mol. The number of carbonyl (C=O) groups excluding carboxylic acids is 1. The third-order valence-electron chi connectivity index (χ3n) is 4.19. The zero-order chi connectivity index (χ0) is 14.4. The summed E-state index contributed by atoms with van der Waals surface area (Å²) in [6.45, 7) is 6.02. The van der Waals surface area contributed by atoms with Crippen LogP contribution < -0.4 is 10.6 Å². The molecule has 116 valence electrons. The predicted molar refractivity (Wildman–Crippen MR) is 75.6 cm³/mol. The smallest absolute Gasteiger partial charge is 0.171 e. The number of aliphatic hydroxyl groups excluding tert-OH is 2. The second-order valence-electron chi connectivity index (χ2n) is 5.37. The van der Waals surface area contributed by atoms with Crippen LogP contribution in [0.1, 0.15) is 0 Å². The zero-order valence-electron chi connectivity index (χ0n) is 11.9. The molecule has 0 aromatic rings. The van der Waals surface area contributed by atoms with E-state index in [1.54, 1.807) is 0 Å².